The molecule has 2 aromatic carbocycles. The average molecular weight is 318 g/mol. The van der Waals surface area contributed by atoms with Gasteiger partial charge in [0.2, 0.25) is 0 Å². The second-order valence-corrected chi connectivity index (χ2v) is 6.74. The molecule has 3 nitrogen and oxygen atoms in total. The van der Waals surface area contributed by atoms with E-state index < -0.39 is 5.60 Å². The Bertz CT molecular complexity index is 833. The lowest BCUT2D eigenvalue weighted by Gasteiger charge is -2.39. The molecule has 0 amide bonds. The molecule has 1 aromatic heterocycles. The molecule has 1 N–H and O–H groups in total. The molecule has 1 atom stereocenters. The number of hydrogen-bond acceptors (Lipinski definition) is 3. The molecule has 1 saturated heterocycles. The zero-order chi connectivity index (χ0) is 16.4. The molecule has 1 aliphatic rings. The van der Waals surface area contributed by atoms with Crippen LogP contribution in [0.1, 0.15) is 24.0 Å². The van der Waals surface area contributed by atoms with Crippen LogP contribution in [0.4, 0.5) is 0 Å². The zero-order valence-electron chi connectivity index (χ0n) is 13.7. The first kappa shape index (κ1) is 15.3. The van der Waals surface area contributed by atoms with E-state index in [0.717, 1.165) is 42.4 Å². The van der Waals surface area contributed by atoms with Crippen molar-refractivity contribution in [3.63, 3.8) is 0 Å². The first-order valence-corrected chi connectivity index (χ1v) is 8.57. The third kappa shape index (κ3) is 3.05. The highest BCUT2D eigenvalue weighted by Crippen LogP contribution is 2.33. The number of aromatic nitrogens is 1. The van der Waals surface area contributed by atoms with Gasteiger partial charge >= 0.3 is 0 Å². The molecular formula is C21H22N2O. The number of β-amino-alcohol motifs (C(OH)–C–C–N with tert-alkyl or cyclic N) is 1. The van der Waals surface area contributed by atoms with Gasteiger partial charge in [0.05, 0.1) is 5.52 Å². The quantitative estimate of drug-likeness (QED) is 0.799. The van der Waals surface area contributed by atoms with Crippen LogP contribution in [-0.2, 0) is 12.1 Å². The third-order valence-electron chi connectivity index (χ3n) is 4.94. The van der Waals surface area contributed by atoms with E-state index in [-0.39, 0.29) is 0 Å². The van der Waals surface area contributed by atoms with E-state index in [9.17, 15) is 5.11 Å². The number of pyridine rings is 1. The maximum atomic E-state index is 11.3. The molecular weight excluding hydrogens is 296 g/mol. The van der Waals surface area contributed by atoms with Gasteiger partial charge in [0.25, 0.3) is 0 Å². The van der Waals surface area contributed by atoms with Gasteiger partial charge in [-0.25, -0.2) is 0 Å². The third-order valence-corrected chi connectivity index (χ3v) is 4.94. The lowest BCUT2D eigenvalue weighted by molar-refractivity contribution is -0.0380. The lowest BCUT2D eigenvalue weighted by Crippen LogP contribution is -2.45. The Balaban J connectivity index is 1.58. The molecule has 1 aliphatic heterocycles. The Labute approximate surface area is 142 Å². The Morgan fingerprint density at radius 2 is 1.92 bits per heavy atom. The van der Waals surface area contributed by atoms with Crippen molar-refractivity contribution in [2.45, 2.75) is 25.0 Å². The summed E-state index contributed by atoms with van der Waals surface area (Å²) in [5.41, 5.74) is 2.49. The topological polar surface area (TPSA) is 36.4 Å². The summed E-state index contributed by atoms with van der Waals surface area (Å²) in [4.78, 5) is 6.72. The van der Waals surface area contributed by atoms with Crippen LogP contribution < -0.4 is 0 Å². The Morgan fingerprint density at radius 3 is 2.79 bits per heavy atom. The summed E-state index contributed by atoms with van der Waals surface area (Å²) in [5, 5.41) is 12.4. The van der Waals surface area contributed by atoms with E-state index in [4.69, 9.17) is 0 Å². The molecule has 2 heterocycles. The van der Waals surface area contributed by atoms with Gasteiger partial charge in [-0.15, -0.1) is 0 Å². The largest absolute Gasteiger partial charge is 0.384 e. The molecule has 24 heavy (non-hydrogen) atoms. The molecule has 3 heteroatoms. The number of hydrogen-bond donors (Lipinski definition) is 1. The molecule has 1 unspecified atom stereocenters. The van der Waals surface area contributed by atoms with Gasteiger partial charge in [-0.1, -0.05) is 42.5 Å². The SMILES string of the molecule is OC1(c2ccc3ncccc3c2)CCCN(Cc2ccccc2)C1. The second-order valence-electron chi connectivity index (χ2n) is 6.74. The van der Waals surface area contributed by atoms with Crippen molar-refractivity contribution >= 4 is 10.9 Å². The van der Waals surface area contributed by atoms with Crippen LogP contribution in [0.2, 0.25) is 0 Å². The molecule has 1 fully saturated rings. The summed E-state index contributed by atoms with van der Waals surface area (Å²) in [6, 6.07) is 20.6. The summed E-state index contributed by atoms with van der Waals surface area (Å²) in [5.74, 6) is 0. The van der Waals surface area contributed by atoms with Crippen LogP contribution in [0.15, 0.2) is 66.9 Å². The molecule has 3 aromatic rings. The predicted molar refractivity (Wildman–Crippen MR) is 96.6 cm³/mol. The van der Waals surface area contributed by atoms with Gasteiger partial charge < -0.3 is 5.11 Å². The fraction of sp³-hybridized carbons (Fsp3) is 0.286. The standard InChI is InChI=1S/C21H22N2O/c24-21(19-9-10-20-18(14-19)8-4-12-22-20)11-5-13-23(16-21)15-17-6-2-1-3-7-17/h1-4,6-10,12,14,24H,5,11,13,15-16H2. The van der Waals surface area contributed by atoms with E-state index in [1.54, 1.807) is 6.20 Å². The molecule has 0 saturated carbocycles. The van der Waals surface area contributed by atoms with Crippen molar-refractivity contribution in [3.05, 3.63) is 78.0 Å². The summed E-state index contributed by atoms with van der Waals surface area (Å²) in [7, 11) is 0. The molecule has 0 spiro atoms. The second kappa shape index (κ2) is 6.34. The van der Waals surface area contributed by atoms with Gasteiger partial charge in [0, 0.05) is 24.7 Å². The van der Waals surface area contributed by atoms with Gasteiger partial charge in [0.15, 0.2) is 0 Å². The Hall–Kier alpha value is -2.23. The molecule has 0 radical (unpaired) electrons. The average Bonchev–Trinajstić information content (AvgIpc) is 2.62. The number of aliphatic hydroxyl groups is 1. The van der Waals surface area contributed by atoms with E-state index in [2.05, 4.69) is 46.3 Å². The molecule has 122 valence electrons. The van der Waals surface area contributed by atoms with E-state index >= 15 is 0 Å². The minimum absolute atomic E-state index is 0.674. The van der Waals surface area contributed by atoms with Crippen molar-refractivity contribution < 1.29 is 5.11 Å². The smallest absolute Gasteiger partial charge is 0.102 e. The summed E-state index contributed by atoms with van der Waals surface area (Å²) in [6.07, 6.45) is 3.62. The van der Waals surface area contributed by atoms with E-state index in [1.165, 1.54) is 5.56 Å². The van der Waals surface area contributed by atoms with Crippen LogP contribution in [0.25, 0.3) is 10.9 Å². The highest BCUT2D eigenvalue weighted by atomic mass is 16.3. The van der Waals surface area contributed by atoms with Gasteiger partial charge in [-0.05, 0) is 48.7 Å². The van der Waals surface area contributed by atoms with Crippen molar-refractivity contribution in [2.75, 3.05) is 13.1 Å². The maximum absolute atomic E-state index is 11.3. The number of piperidine rings is 1. The van der Waals surface area contributed by atoms with Crippen LogP contribution in [-0.4, -0.2) is 28.1 Å². The van der Waals surface area contributed by atoms with Gasteiger partial charge in [-0.3, -0.25) is 9.88 Å². The summed E-state index contributed by atoms with van der Waals surface area (Å²) in [6.45, 7) is 2.60. The van der Waals surface area contributed by atoms with E-state index in [0.29, 0.717) is 6.54 Å². The van der Waals surface area contributed by atoms with Crippen molar-refractivity contribution in [3.8, 4) is 0 Å². The Morgan fingerprint density at radius 1 is 1.04 bits per heavy atom. The number of fused-ring (bicyclic) bond motifs is 1. The van der Waals surface area contributed by atoms with Crippen molar-refractivity contribution in [1.29, 1.82) is 0 Å². The summed E-state index contributed by atoms with van der Waals surface area (Å²) >= 11 is 0. The minimum atomic E-state index is -0.781. The first-order chi connectivity index (χ1) is 11.7. The zero-order valence-corrected chi connectivity index (χ0v) is 13.7. The monoisotopic (exact) mass is 318 g/mol. The molecule has 4 rings (SSSR count). The highest BCUT2D eigenvalue weighted by Gasteiger charge is 2.35. The lowest BCUT2D eigenvalue weighted by atomic mass is 9.85. The summed E-state index contributed by atoms with van der Waals surface area (Å²) < 4.78 is 0. The van der Waals surface area contributed by atoms with Gasteiger partial charge in [-0.2, -0.15) is 0 Å². The highest BCUT2D eigenvalue weighted by molar-refractivity contribution is 5.79. The van der Waals surface area contributed by atoms with Crippen LogP contribution in [0.3, 0.4) is 0 Å². The fourth-order valence-electron chi connectivity index (χ4n) is 3.70. The predicted octanol–water partition coefficient (Wildman–Crippen LogP) is 3.72. The fourth-order valence-corrected chi connectivity index (χ4v) is 3.70. The first-order valence-electron chi connectivity index (χ1n) is 8.57. The maximum Gasteiger partial charge on any atom is 0.102 e. The van der Waals surface area contributed by atoms with Crippen LogP contribution in [0.5, 0.6) is 0 Å². The minimum Gasteiger partial charge on any atom is -0.384 e. The number of likely N-dealkylation sites (tertiary alicyclic amines) is 1. The molecule has 0 aliphatic carbocycles. The molecule has 0 bridgehead atoms. The number of benzene rings is 2. The van der Waals surface area contributed by atoms with Crippen LogP contribution >= 0.6 is 0 Å². The van der Waals surface area contributed by atoms with E-state index in [1.807, 2.05) is 24.3 Å². The normalized spacial score (nSPS) is 21.9. The Kier molecular flexibility index (Phi) is 4.05. The van der Waals surface area contributed by atoms with Crippen molar-refractivity contribution in [1.82, 2.24) is 9.88 Å². The number of nitrogens with zero attached hydrogens (tertiary/aromatic N) is 2. The number of rotatable bonds is 3. The van der Waals surface area contributed by atoms with Crippen LogP contribution in [0, 0.1) is 0 Å². The van der Waals surface area contributed by atoms with Crippen molar-refractivity contribution in [2.24, 2.45) is 0 Å². The van der Waals surface area contributed by atoms with Gasteiger partial charge in [0.1, 0.15) is 5.60 Å².